The normalized spacial score (nSPS) is 11.6. The lowest BCUT2D eigenvalue weighted by Gasteiger charge is -2.13. The molecule has 0 aliphatic heterocycles. The monoisotopic (exact) mass is 449 g/mol. The quantitative estimate of drug-likeness (QED) is 0.508. The molecule has 0 atom stereocenters. The fourth-order valence-corrected chi connectivity index (χ4v) is 4.16. The molecule has 0 saturated carbocycles. The van der Waals surface area contributed by atoms with Crippen LogP contribution in [0.4, 0.5) is 0 Å². The lowest BCUT2D eigenvalue weighted by Crippen LogP contribution is -2.29. The summed E-state index contributed by atoms with van der Waals surface area (Å²) in [5.41, 5.74) is 1.46. The number of rotatable bonds is 9. The molecule has 0 fully saturated rings. The number of aryl methyl sites for hydroxylation is 1. The van der Waals surface area contributed by atoms with Gasteiger partial charge in [0.05, 0.1) is 6.54 Å². The summed E-state index contributed by atoms with van der Waals surface area (Å²) in [7, 11) is 4.13. The molecule has 0 bridgehead atoms. The Morgan fingerprint density at radius 2 is 1.96 bits per heavy atom. The van der Waals surface area contributed by atoms with E-state index in [0.717, 1.165) is 43.9 Å². The molecule has 0 saturated heterocycles. The second kappa shape index (κ2) is 9.54. The van der Waals surface area contributed by atoms with Crippen molar-refractivity contribution in [1.82, 2.24) is 24.8 Å². The maximum absolute atomic E-state index is 13.0. The first-order chi connectivity index (χ1) is 13.0. The Hall–Kier alpha value is -1.61. The molecule has 1 aromatic carbocycles. The summed E-state index contributed by atoms with van der Waals surface area (Å²) in [6.07, 6.45) is 1.68. The molecule has 6 nitrogen and oxygen atoms in total. The number of hydrogen-bond donors (Lipinski definition) is 1. The molecule has 0 aliphatic rings. The van der Waals surface area contributed by atoms with Gasteiger partial charge in [-0.2, -0.15) is 0 Å². The summed E-state index contributed by atoms with van der Waals surface area (Å²) in [5, 5.41) is 3.44. The number of fused-ring (bicyclic) bond motifs is 1. The zero-order valence-corrected chi connectivity index (χ0v) is 18.0. The Morgan fingerprint density at radius 1 is 1.19 bits per heavy atom. The van der Waals surface area contributed by atoms with Crippen LogP contribution < -0.4 is 10.9 Å². The highest BCUT2D eigenvalue weighted by molar-refractivity contribution is 9.11. The molecule has 0 radical (unpaired) electrons. The van der Waals surface area contributed by atoms with E-state index in [1.165, 1.54) is 11.3 Å². The van der Waals surface area contributed by atoms with Crippen molar-refractivity contribution in [1.29, 1.82) is 0 Å². The third kappa shape index (κ3) is 5.44. The molecule has 0 unspecified atom stereocenters. The molecule has 3 aromatic rings. The van der Waals surface area contributed by atoms with Gasteiger partial charge in [-0.15, -0.1) is 0 Å². The Morgan fingerprint density at radius 3 is 2.70 bits per heavy atom. The van der Waals surface area contributed by atoms with Crippen molar-refractivity contribution in [3.63, 3.8) is 0 Å². The van der Waals surface area contributed by atoms with Gasteiger partial charge in [-0.25, -0.2) is 9.97 Å². The van der Waals surface area contributed by atoms with E-state index in [-0.39, 0.29) is 5.56 Å². The number of halogens is 1. The highest BCUT2D eigenvalue weighted by Gasteiger charge is 2.15. The van der Waals surface area contributed by atoms with Gasteiger partial charge in [0, 0.05) is 19.5 Å². The molecule has 8 heteroatoms. The van der Waals surface area contributed by atoms with Gasteiger partial charge in [0.2, 0.25) is 0 Å². The van der Waals surface area contributed by atoms with Crippen molar-refractivity contribution in [2.75, 3.05) is 33.7 Å². The van der Waals surface area contributed by atoms with Crippen molar-refractivity contribution >= 4 is 37.6 Å². The highest BCUT2D eigenvalue weighted by atomic mass is 79.9. The van der Waals surface area contributed by atoms with Gasteiger partial charge in [-0.05, 0) is 48.6 Å². The number of benzene rings is 1. The van der Waals surface area contributed by atoms with Crippen LogP contribution in [0.1, 0.15) is 17.8 Å². The van der Waals surface area contributed by atoms with E-state index in [4.69, 9.17) is 4.98 Å². The number of thiazole rings is 1. The van der Waals surface area contributed by atoms with Gasteiger partial charge >= 0.3 is 0 Å². The van der Waals surface area contributed by atoms with Gasteiger partial charge in [0.25, 0.3) is 5.56 Å². The fourth-order valence-electron chi connectivity index (χ4n) is 2.84. The standard InChI is InChI=1S/C19H24BrN5OS/c1-24(2)12-11-21-10-6-9-15-22-17-16(23-19(20)27-17)18(26)25(15)13-14-7-4-3-5-8-14/h3-5,7-8,21H,6,9-13H2,1-2H3. The topological polar surface area (TPSA) is 63.0 Å². The van der Waals surface area contributed by atoms with Crippen molar-refractivity contribution in [2.24, 2.45) is 0 Å². The summed E-state index contributed by atoms with van der Waals surface area (Å²) in [4.78, 5) is 24.9. The minimum absolute atomic E-state index is 0.0682. The first-order valence-electron chi connectivity index (χ1n) is 8.99. The SMILES string of the molecule is CN(C)CCNCCCc1nc2sc(Br)nc2c(=O)n1Cc1ccccc1. The predicted molar refractivity (Wildman–Crippen MR) is 115 cm³/mol. The molecule has 144 valence electrons. The molecule has 0 spiro atoms. The average molecular weight is 450 g/mol. The lowest BCUT2D eigenvalue weighted by molar-refractivity contribution is 0.399. The first-order valence-corrected chi connectivity index (χ1v) is 10.6. The molecule has 0 amide bonds. The Labute approximate surface area is 171 Å². The van der Waals surface area contributed by atoms with Crippen LogP contribution in [0.2, 0.25) is 0 Å². The Kier molecular flexibility index (Phi) is 7.12. The van der Waals surface area contributed by atoms with Crippen LogP contribution >= 0.6 is 27.3 Å². The fraction of sp³-hybridized carbons (Fsp3) is 0.421. The van der Waals surface area contributed by atoms with E-state index in [1.54, 1.807) is 4.57 Å². The van der Waals surface area contributed by atoms with Crippen LogP contribution in [0.25, 0.3) is 10.3 Å². The maximum Gasteiger partial charge on any atom is 0.281 e. The zero-order valence-electron chi connectivity index (χ0n) is 15.6. The van der Waals surface area contributed by atoms with Crippen molar-refractivity contribution in [2.45, 2.75) is 19.4 Å². The highest BCUT2D eigenvalue weighted by Crippen LogP contribution is 2.23. The Balaban J connectivity index is 1.79. The van der Waals surface area contributed by atoms with Crippen LogP contribution in [0, 0.1) is 0 Å². The van der Waals surface area contributed by atoms with E-state index in [9.17, 15) is 4.79 Å². The van der Waals surface area contributed by atoms with Crippen LogP contribution in [0.3, 0.4) is 0 Å². The van der Waals surface area contributed by atoms with Gasteiger partial charge < -0.3 is 10.2 Å². The van der Waals surface area contributed by atoms with Crippen molar-refractivity contribution < 1.29 is 0 Å². The van der Waals surface area contributed by atoms with Crippen LogP contribution in [0.5, 0.6) is 0 Å². The molecule has 2 heterocycles. The van der Waals surface area contributed by atoms with Gasteiger partial charge in [-0.1, -0.05) is 41.7 Å². The third-order valence-corrected chi connectivity index (χ3v) is 5.65. The van der Waals surface area contributed by atoms with E-state index in [1.807, 2.05) is 30.3 Å². The van der Waals surface area contributed by atoms with E-state index < -0.39 is 0 Å². The van der Waals surface area contributed by atoms with Gasteiger partial charge in [-0.3, -0.25) is 9.36 Å². The zero-order chi connectivity index (χ0) is 19.2. The third-order valence-electron chi connectivity index (χ3n) is 4.25. The van der Waals surface area contributed by atoms with Gasteiger partial charge in [0.1, 0.15) is 5.82 Å². The summed E-state index contributed by atoms with van der Waals surface area (Å²) >= 11 is 4.78. The first kappa shape index (κ1) is 20.1. The van der Waals surface area contributed by atoms with Crippen molar-refractivity contribution in [3.05, 3.63) is 56.0 Å². The second-order valence-electron chi connectivity index (χ2n) is 6.68. The van der Waals surface area contributed by atoms with Gasteiger partial charge in [0.15, 0.2) is 14.3 Å². The molecule has 2 aromatic heterocycles. The second-order valence-corrected chi connectivity index (χ2v) is 8.94. The molecular weight excluding hydrogens is 426 g/mol. The van der Waals surface area contributed by atoms with Crippen molar-refractivity contribution in [3.8, 4) is 0 Å². The number of likely N-dealkylation sites (N-methyl/N-ethyl adjacent to an activating group) is 1. The largest absolute Gasteiger partial charge is 0.315 e. The van der Waals surface area contributed by atoms with E-state index in [2.05, 4.69) is 45.2 Å². The van der Waals surface area contributed by atoms with Crippen LogP contribution in [-0.2, 0) is 13.0 Å². The minimum Gasteiger partial charge on any atom is -0.315 e. The summed E-state index contributed by atoms with van der Waals surface area (Å²) in [6, 6.07) is 10.0. The number of nitrogens with one attached hydrogen (secondary N) is 1. The smallest absolute Gasteiger partial charge is 0.281 e. The minimum atomic E-state index is -0.0682. The lowest BCUT2D eigenvalue weighted by atomic mass is 10.2. The molecule has 3 rings (SSSR count). The summed E-state index contributed by atoms with van der Waals surface area (Å²) < 4.78 is 2.46. The molecule has 27 heavy (non-hydrogen) atoms. The molecule has 1 N–H and O–H groups in total. The predicted octanol–water partition coefficient (Wildman–Crippen LogP) is 2.75. The molecule has 0 aliphatic carbocycles. The van der Waals surface area contributed by atoms with E-state index >= 15 is 0 Å². The number of aromatic nitrogens is 3. The number of nitrogens with zero attached hydrogens (tertiary/aromatic N) is 4. The average Bonchev–Trinajstić information content (AvgIpc) is 3.02. The number of hydrogen-bond acceptors (Lipinski definition) is 6. The summed E-state index contributed by atoms with van der Waals surface area (Å²) in [6.45, 7) is 3.39. The van der Waals surface area contributed by atoms with E-state index in [0.29, 0.717) is 20.8 Å². The molecular formula is C19H24BrN5OS. The maximum atomic E-state index is 13.0. The Bertz CT molecular complexity index is 938. The summed E-state index contributed by atoms with van der Waals surface area (Å²) in [5.74, 6) is 0.821. The van der Waals surface area contributed by atoms with Crippen LogP contribution in [-0.4, -0.2) is 53.2 Å². The van der Waals surface area contributed by atoms with Crippen LogP contribution in [0.15, 0.2) is 39.0 Å².